The van der Waals surface area contributed by atoms with Gasteiger partial charge in [0.15, 0.2) is 11.6 Å². The minimum absolute atomic E-state index is 0.209. The number of nitrogens with zero attached hydrogens (tertiary/aromatic N) is 6. The van der Waals surface area contributed by atoms with Crippen LogP contribution < -0.4 is 15.5 Å². The van der Waals surface area contributed by atoms with Crippen LogP contribution in [0.15, 0.2) is 6.33 Å². The number of aliphatic hydroxyl groups is 1. The molecule has 25 heavy (non-hydrogen) atoms. The Morgan fingerprint density at radius 3 is 2.48 bits per heavy atom. The lowest BCUT2D eigenvalue weighted by Gasteiger charge is -2.38. The SMILES string of the molecule is CN1CCC(N(C)c2ncnc(N3CCN(CCO)CC3)c2N)CC1. The van der Waals surface area contributed by atoms with Gasteiger partial charge in [0.2, 0.25) is 0 Å². The number of piperidine rings is 1. The number of likely N-dealkylation sites (tertiary alicyclic amines) is 1. The lowest BCUT2D eigenvalue weighted by atomic mass is 10.0. The van der Waals surface area contributed by atoms with Crippen molar-refractivity contribution in [1.29, 1.82) is 0 Å². The molecule has 0 unspecified atom stereocenters. The fourth-order valence-corrected chi connectivity index (χ4v) is 3.79. The molecule has 0 spiro atoms. The summed E-state index contributed by atoms with van der Waals surface area (Å²) >= 11 is 0. The van der Waals surface area contributed by atoms with Gasteiger partial charge in [-0.05, 0) is 33.0 Å². The molecule has 3 heterocycles. The molecule has 2 saturated heterocycles. The highest BCUT2D eigenvalue weighted by Gasteiger charge is 2.26. The molecule has 2 aliphatic rings. The van der Waals surface area contributed by atoms with Crippen molar-refractivity contribution in [3.63, 3.8) is 0 Å². The summed E-state index contributed by atoms with van der Waals surface area (Å²) in [7, 11) is 4.27. The summed E-state index contributed by atoms with van der Waals surface area (Å²) in [6, 6.07) is 0.475. The molecule has 140 valence electrons. The van der Waals surface area contributed by atoms with Crippen LogP contribution in [0, 0.1) is 0 Å². The number of β-amino-alcohol motifs (C(OH)–C–C–N with tert-alkyl or cyclic N) is 1. The molecule has 0 bridgehead atoms. The summed E-state index contributed by atoms with van der Waals surface area (Å²) in [5, 5.41) is 9.08. The molecule has 0 radical (unpaired) electrons. The Kier molecular flexibility index (Phi) is 5.93. The van der Waals surface area contributed by atoms with E-state index in [-0.39, 0.29) is 6.61 Å². The van der Waals surface area contributed by atoms with E-state index in [0.29, 0.717) is 11.7 Å². The van der Waals surface area contributed by atoms with Gasteiger partial charge in [-0.3, -0.25) is 4.90 Å². The van der Waals surface area contributed by atoms with E-state index >= 15 is 0 Å². The maximum Gasteiger partial charge on any atom is 0.157 e. The van der Waals surface area contributed by atoms with Gasteiger partial charge in [0.25, 0.3) is 0 Å². The number of piperazine rings is 1. The van der Waals surface area contributed by atoms with Crippen molar-refractivity contribution in [1.82, 2.24) is 19.8 Å². The Hall–Kier alpha value is -1.64. The van der Waals surface area contributed by atoms with Crippen LogP contribution in [-0.4, -0.2) is 97.4 Å². The van der Waals surface area contributed by atoms with Crippen LogP contribution in [0.5, 0.6) is 0 Å². The molecule has 8 nitrogen and oxygen atoms in total. The predicted molar refractivity (Wildman–Crippen MR) is 101 cm³/mol. The second kappa shape index (κ2) is 8.16. The molecule has 3 N–H and O–H groups in total. The summed E-state index contributed by atoms with van der Waals surface area (Å²) in [6.07, 6.45) is 3.89. The van der Waals surface area contributed by atoms with Crippen LogP contribution in [0.1, 0.15) is 12.8 Å². The number of aromatic nitrogens is 2. The minimum atomic E-state index is 0.209. The third-order valence-corrected chi connectivity index (χ3v) is 5.50. The Morgan fingerprint density at radius 1 is 1.16 bits per heavy atom. The van der Waals surface area contributed by atoms with Crippen LogP contribution in [0.4, 0.5) is 17.3 Å². The van der Waals surface area contributed by atoms with Gasteiger partial charge in [0, 0.05) is 45.8 Å². The topological polar surface area (TPSA) is 85.0 Å². The molecule has 3 rings (SSSR count). The molecule has 0 aromatic carbocycles. The Bertz CT molecular complexity index is 554. The van der Waals surface area contributed by atoms with Gasteiger partial charge in [-0.15, -0.1) is 0 Å². The van der Waals surface area contributed by atoms with Crippen LogP contribution in [-0.2, 0) is 0 Å². The fraction of sp³-hybridized carbons (Fsp3) is 0.765. The van der Waals surface area contributed by atoms with Crippen molar-refractivity contribution in [3.8, 4) is 0 Å². The van der Waals surface area contributed by atoms with Crippen LogP contribution in [0.2, 0.25) is 0 Å². The van der Waals surface area contributed by atoms with E-state index in [1.54, 1.807) is 6.33 Å². The number of anilines is 3. The second-order valence-corrected chi connectivity index (χ2v) is 7.13. The lowest BCUT2D eigenvalue weighted by molar-refractivity contribution is 0.188. The van der Waals surface area contributed by atoms with Gasteiger partial charge in [0.1, 0.15) is 12.0 Å². The standard InChI is InChI=1S/C17H31N7O/c1-21-5-3-14(4-6-21)22(2)16-15(18)17(20-13-19-16)24-9-7-23(8-10-24)11-12-25/h13-14,25H,3-12,18H2,1-2H3. The lowest BCUT2D eigenvalue weighted by Crippen LogP contribution is -2.48. The molecular formula is C17H31N7O. The van der Waals surface area contributed by atoms with E-state index in [0.717, 1.165) is 70.3 Å². The molecule has 0 amide bonds. The van der Waals surface area contributed by atoms with Crippen molar-refractivity contribution in [2.45, 2.75) is 18.9 Å². The smallest absolute Gasteiger partial charge is 0.157 e. The zero-order valence-corrected chi connectivity index (χ0v) is 15.4. The van der Waals surface area contributed by atoms with Crippen molar-refractivity contribution < 1.29 is 5.11 Å². The van der Waals surface area contributed by atoms with E-state index in [1.165, 1.54) is 0 Å². The van der Waals surface area contributed by atoms with Gasteiger partial charge >= 0.3 is 0 Å². The van der Waals surface area contributed by atoms with Crippen LogP contribution >= 0.6 is 0 Å². The van der Waals surface area contributed by atoms with E-state index in [2.05, 4.69) is 43.7 Å². The van der Waals surface area contributed by atoms with E-state index in [9.17, 15) is 0 Å². The number of hydrogen-bond donors (Lipinski definition) is 2. The molecule has 1 aromatic heterocycles. The van der Waals surface area contributed by atoms with Gasteiger partial charge in [-0.25, -0.2) is 9.97 Å². The van der Waals surface area contributed by atoms with Crippen LogP contribution in [0.25, 0.3) is 0 Å². The Balaban J connectivity index is 1.70. The minimum Gasteiger partial charge on any atom is -0.395 e. The molecule has 1 aromatic rings. The third kappa shape index (κ3) is 4.13. The number of rotatable bonds is 5. The number of nitrogens with two attached hydrogens (primary N) is 1. The van der Waals surface area contributed by atoms with Crippen molar-refractivity contribution in [3.05, 3.63) is 6.33 Å². The maximum absolute atomic E-state index is 9.08. The highest BCUT2D eigenvalue weighted by atomic mass is 16.3. The molecule has 0 atom stereocenters. The van der Waals surface area contributed by atoms with Crippen molar-refractivity contribution in [2.75, 3.05) is 82.0 Å². The van der Waals surface area contributed by atoms with E-state index < -0.39 is 0 Å². The first-order chi connectivity index (χ1) is 12.1. The zero-order chi connectivity index (χ0) is 17.8. The monoisotopic (exact) mass is 349 g/mol. The molecule has 0 aliphatic carbocycles. The first-order valence-corrected chi connectivity index (χ1v) is 9.20. The van der Waals surface area contributed by atoms with E-state index in [1.807, 2.05) is 0 Å². The van der Waals surface area contributed by atoms with Crippen LogP contribution in [0.3, 0.4) is 0 Å². The highest BCUT2D eigenvalue weighted by Crippen LogP contribution is 2.31. The average Bonchev–Trinajstić information content (AvgIpc) is 2.63. The molecular weight excluding hydrogens is 318 g/mol. The first-order valence-electron chi connectivity index (χ1n) is 9.20. The normalized spacial score (nSPS) is 20.8. The molecule has 8 heteroatoms. The summed E-state index contributed by atoms with van der Waals surface area (Å²) in [5.74, 6) is 1.69. The Labute approximate surface area is 150 Å². The summed E-state index contributed by atoms with van der Waals surface area (Å²) in [4.78, 5) is 18.0. The highest BCUT2D eigenvalue weighted by molar-refractivity contribution is 5.75. The zero-order valence-electron chi connectivity index (χ0n) is 15.4. The van der Waals surface area contributed by atoms with Crippen molar-refractivity contribution >= 4 is 17.3 Å². The summed E-state index contributed by atoms with van der Waals surface area (Å²) < 4.78 is 0. The van der Waals surface area contributed by atoms with Gasteiger partial charge in [-0.1, -0.05) is 0 Å². The summed E-state index contributed by atoms with van der Waals surface area (Å²) in [5.41, 5.74) is 7.15. The predicted octanol–water partition coefficient (Wildman–Crippen LogP) is -0.296. The first kappa shape index (κ1) is 18.2. The van der Waals surface area contributed by atoms with Gasteiger partial charge in [0.05, 0.1) is 6.61 Å². The number of nitrogen functional groups attached to an aromatic ring is 1. The number of hydrogen-bond acceptors (Lipinski definition) is 8. The fourth-order valence-electron chi connectivity index (χ4n) is 3.79. The quantitative estimate of drug-likeness (QED) is 0.750. The molecule has 2 fully saturated rings. The molecule has 0 saturated carbocycles. The van der Waals surface area contributed by atoms with E-state index in [4.69, 9.17) is 10.8 Å². The van der Waals surface area contributed by atoms with Gasteiger partial charge < -0.3 is 25.5 Å². The summed E-state index contributed by atoms with van der Waals surface area (Å²) in [6.45, 7) is 6.75. The maximum atomic E-state index is 9.08. The second-order valence-electron chi connectivity index (χ2n) is 7.13. The average molecular weight is 349 g/mol. The Morgan fingerprint density at radius 2 is 1.84 bits per heavy atom. The van der Waals surface area contributed by atoms with Gasteiger partial charge in [-0.2, -0.15) is 0 Å². The number of aliphatic hydroxyl groups excluding tert-OH is 1. The largest absolute Gasteiger partial charge is 0.395 e. The van der Waals surface area contributed by atoms with Crippen molar-refractivity contribution in [2.24, 2.45) is 0 Å². The molecule has 2 aliphatic heterocycles. The third-order valence-electron chi connectivity index (χ3n) is 5.50.